The van der Waals surface area contributed by atoms with Gasteiger partial charge >= 0.3 is 0 Å². The summed E-state index contributed by atoms with van der Waals surface area (Å²) in [5.41, 5.74) is 0.756. The average Bonchev–Trinajstić information content (AvgIpc) is 2.40. The van der Waals surface area contributed by atoms with Gasteiger partial charge in [0.05, 0.1) is 6.07 Å². The van der Waals surface area contributed by atoms with E-state index in [-0.39, 0.29) is 5.91 Å². The number of benzene rings is 1. The van der Waals surface area contributed by atoms with Crippen molar-refractivity contribution in [2.75, 3.05) is 6.54 Å². The third-order valence-electron chi connectivity index (χ3n) is 2.85. The lowest BCUT2D eigenvalue weighted by atomic mass is 10.00. The molecule has 0 heterocycles. The molecule has 1 amide bonds. The van der Waals surface area contributed by atoms with Crippen LogP contribution in [0.3, 0.4) is 0 Å². The Hall–Kier alpha value is -1.82. The number of unbranched alkanes of at least 4 members (excludes halogenated alkanes) is 3. The molecule has 18 heavy (non-hydrogen) atoms. The average molecular weight is 244 g/mol. The maximum absolute atomic E-state index is 11.9. The van der Waals surface area contributed by atoms with Crippen molar-refractivity contribution in [3.63, 3.8) is 0 Å². The van der Waals surface area contributed by atoms with Crippen molar-refractivity contribution in [2.24, 2.45) is 0 Å². The van der Waals surface area contributed by atoms with Crippen molar-refractivity contribution in [3.05, 3.63) is 35.9 Å². The molecule has 1 aromatic carbocycles. The molecule has 0 aliphatic heterocycles. The molecule has 0 fully saturated rings. The Morgan fingerprint density at radius 2 is 2.00 bits per heavy atom. The van der Waals surface area contributed by atoms with Gasteiger partial charge in [-0.3, -0.25) is 4.79 Å². The number of carbonyl (C=O) groups excluding carboxylic acids is 1. The summed E-state index contributed by atoms with van der Waals surface area (Å²) < 4.78 is 0. The number of hydrogen-bond acceptors (Lipinski definition) is 2. The summed E-state index contributed by atoms with van der Waals surface area (Å²) >= 11 is 0. The van der Waals surface area contributed by atoms with Crippen molar-refractivity contribution < 1.29 is 4.79 Å². The van der Waals surface area contributed by atoms with Crippen LogP contribution in [-0.2, 0) is 4.79 Å². The topological polar surface area (TPSA) is 52.9 Å². The first-order chi connectivity index (χ1) is 8.79. The van der Waals surface area contributed by atoms with Gasteiger partial charge in [0, 0.05) is 6.54 Å². The molecule has 0 saturated carbocycles. The van der Waals surface area contributed by atoms with Crippen LogP contribution >= 0.6 is 0 Å². The lowest BCUT2D eigenvalue weighted by molar-refractivity contribution is -0.121. The first-order valence-electron chi connectivity index (χ1n) is 6.52. The van der Waals surface area contributed by atoms with Crippen molar-refractivity contribution >= 4 is 5.91 Å². The molecule has 1 aromatic rings. The van der Waals surface area contributed by atoms with Gasteiger partial charge in [-0.05, 0) is 12.0 Å². The number of carbonyl (C=O) groups is 1. The maximum atomic E-state index is 11.9. The van der Waals surface area contributed by atoms with E-state index in [0.29, 0.717) is 6.54 Å². The molecule has 0 saturated heterocycles. The Labute approximate surface area is 109 Å². The number of hydrogen-bond donors (Lipinski definition) is 1. The standard InChI is InChI=1S/C15H20N2O/c1-2-3-4-8-11-17-15(18)14(12-16)13-9-6-5-7-10-13/h5-7,9-10,14H,2-4,8,11H2,1H3,(H,17,18). The van der Waals surface area contributed by atoms with E-state index >= 15 is 0 Å². The lowest BCUT2D eigenvalue weighted by Gasteiger charge is -2.10. The van der Waals surface area contributed by atoms with Gasteiger partial charge in [-0.2, -0.15) is 5.26 Å². The van der Waals surface area contributed by atoms with E-state index in [1.165, 1.54) is 12.8 Å². The van der Waals surface area contributed by atoms with Crippen molar-refractivity contribution in [3.8, 4) is 6.07 Å². The zero-order valence-electron chi connectivity index (χ0n) is 10.9. The van der Waals surface area contributed by atoms with Crippen molar-refractivity contribution in [1.29, 1.82) is 5.26 Å². The van der Waals surface area contributed by atoms with Gasteiger partial charge in [0.15, 0.2) is 0 Å². The molecule has 0 bridgehead atoms. The molecule has 96 valence electrons. The van der Waals surface area contributed by atoms with Gasteiger partial charge in [-0.1, -0.05) is 56.5 Å². The second-order valence-corrected chi connectivity index (χ2v) is 4.32. The molecule has 3 nitrogen and oxygen atoms in total. The predicted molar refractivity (Wildman–Crippen MR) is 71.9 cm³/mol. The summed E-state index contributed by atoms with van der Waals surface area (Å²) in [6, 6.07) is 11.2. The van der Waals surface area contributed by atoms with Crippen LogP contribution in [0.5, 0.6) is 0 Å². The second kappa shape index (κ2) is 8.30. The number of nitrogens with zero attached hydrogens (tertiary/aromatic N) is 1. The smallest absolute Gasteiger partial charge is 0.241 e. The van der Waals surface area contributed by atoms with Gasteiger partial charge in [0.1, 0.15) is 5.92 Å². The predicted octanol–water partition coefficient (Wildman–Crippen LogP) is 2.99. The molecule has 0 spiro atoms. The third kappa shape index (κ3) is 4.58. The van der Waals surface area contributed by atoms with Crippen LogP contribution in [0.15, 0.2) is 30.3 Å². The third-order valence-corrected chi connectivity index (χ3v) is 2.85. The Bertz CT molecular complexity index is 395. The van der Waals surface area contributed by atoms with E-state index < -0.39 is 5.92 Å². The quantitative estimate of drug-likeness (QED) is 0.750. The fourth-order valence-electron chi connectivity index (χ4n) is 1.80. The summed E-state index contributed by atoms with van der Waals surface area (Å²) in [5.74, 6) is -0.891. The first-order valence-corrected chi connectivity index (χ1v) is 6.52. The fourth-order valence-corrected chi connectivity index (χ4v) is 1.80. The minimum Gasteiger partial charge on any atom is -0.355 e. The zero-order valence-corrected chi connectivity index (χ0v) is 10.9. The minimum absolute atomic E-state index is 0.194. The summed E-state index contributed by atoms with van der Waals surface area (Å²) in [6.07, 6.45) is 4.47. The Kier molecular flexibility index (Phi) is 6.56. The molecule has 0 aromatic heterocycles. The molecule has 1 atom stereocenters. The maximum Gasteiger partial charge on any atom is 0.241 e. The number of nitriles is 1. The van der Waals surface area contributed by atoms with E-state index in [1.807, 2.05) is 30.3 Å². The van der Waals surface area contributed by atoms with Gasteiger partial charge in [0.2, 0.25) is 5.91 Å². The van der Waals surface area contributed by atoms with Gasteiger partial charge < -0.3 is 5.32 Å². The highest BCUT2D eigenvalue weighted by Gasteiger charge is 2.18. The van der Waals surface area contributed by atoms with Crippen LogP contribution < -0.4 is 5.32 Å². The molecule has 0 aliphatic carbocycles. The van der Waals surface area contributed by atoms with Crippen LogP contribution in [0.4, 0.5) is 0 Å². The van der Waals surface area contributed by atoms with Crippen LogP contribution in [0.25, 0.3) is 0 Å². The lowest BCUT2D eigenvalue weighted by Crippen LogP contribution is -2.29. The molecule has 0 radical (unpaired) electrons. The van der Waals surface area contributed by atoms with Crippen LogP contribution in [0.1, 0.15) is 44.1 Å². The molecule has 3 heteroatoms. The summed E-state index contributed by atoms with van der Waals surface area (Å²) in [4.78, 5) is 11.9. The van der Waals surface area contributed by atoms with Crippen molar-refractivity contribution in [2.45, 2.75) is 38.5 Å². The largest absolute Gasteiger partial charge is 0.355 e. The summed E-state index contributed by atoms with van der Waals surface area (Å²) in [7, 11) is 0. The SMILES string of the molecule is CCCCCCNC(=O)C(C#N)c1ccccc1. The van der Waals surface area contributed by atoms with E-state index in [1.54, 1.807) is 0 Å². The molecule has 1 unspecified atom stereocenters. The van der Waals surface area contributed by atoms with Gasteiger partial charge in [0.25, 0.3) is 0 Å². The normalized spacial score (nSPS) is 11.6. The highest BCUT2D eigenvalue weighted by Crippen LogP contribution is 2.14. The van der Waals surface area contributed by atoms with E-state index in [4.69, 9.17) is 5.26 Å². The molecular formula is C15H20N2O. The minimum atomic E-state index is -0.697. The van der Waals surface area contributed by atoms with Crippen molar-refractivity contribution in [1.82, 2.24) is 5.32 Å². The number of amides is 1. The van der Waals surface area contributed by atoms with Gasteiger partial charge in [-0.15, -0.1) is 0 Å². The number of nitrogens with one attached hydrogen (secondary N) is 1. The Morgan fingerprint density at radius 1 is 1.28 bits per heavy atom. The highest BCUT2D eigenvalue weighted by molar-refractivity contribution is 5.86. The summed E-state index contributed by atoms with van der Waals surface area (Å²) in [5, 5.41) is 11.9. The van der Waals surface area contributed by atoms with Crippen LogP contribution in [0.2, 0.25) is 0 Å². The van der Waals surface area contributed by atoms with E-state index in [2.05, 4.69) is 18.3 Å². The molecule has 1 rings (SSSR count). The van der Waals surface area contributed by atoms with Gasteiger partial charge in [-0.25, -0.2) is 0 Å². The number of rotatable bonds is 7. The molecule has 1 N–H and O–H groups in total. The molecule has 0 aliphatic rings. The Balaban J connectivity index is 2.42. The zero-order chi connectivity index (χ0) is 13.2. The fraction of sp³-hybridized carbons (Fsp3) is 0.467. The van der Waals surface area contributed by atoms with Crippen LogP contribution in [0, 0.1) is 11.3 Å². The first kappa shape index (κ1) is 14.2. The van der Waals surface area contributed by atoms with E-state index in [9.17, 15) is 4.79 Å². The molecular weight excluding hydrogens is 224 g/mol. The highest BCUT2D eigenvalue weighted by atomic mass is 16.1. The second-order valence-electron chi connectivity index (χ2n) is 4.32. The summed E-state index contributed by atoms with van der Waals surface area (Å²) in [6.45, 7) is 2.81. The monoisotopic (exact) mass is 244 g/mol. The van der Waals surface area contributed by atoms with E-state index in [0.717, 1.165) is 18.4 Å². The Morgan fingerprint density at radius 3 is 2.61 bits per heavy atom. The van der Waals surface area contributed by atoms with Crippen LogP contribution in [-0.4, -0.2) is 12.5 Å².